The van der Waals surface area contributed by atoms with E-state index in [9.17, 15) is 14.0 Å². The van der Waals surface area contributed by atoms with E-state index in [2.05, 4.69) is 18.0 Å². The van der Waals surface area contributed by atoms with Gasteiger partial charge in [0.05, 0.1) is 19.1 Å². The lowest BCUT2D eigenvalue weighted by Crippen LogP contribution is -2.64. The van der Waals surface area contributed by atoms with Crippen LogP contribution in [0.2, 0.25) is 0 Å². The fourth-order valence-corrected chi connectivity index (χ4v) is 6.48. The lowest BCUT2D eigenvalue weighted by Gasteiger charge is -2.55. The Hall–Kier alpha value is -2.67. The summed E-state index contributed by atoms with van der Waals surface area (Å²) < 4.78 is 24.0. The molecule has 1 amide bonds. The topological polar surface area (TPSA) is 90.6 Å². The van der Waals surface area contributed by atoms with E-state index in [1.54, 1.807) is 13.0 Å². The zero-order chi connectivity index (χ0) is 25.0. The predicted molar refractivity (Wildman–Crippen MR) is 133 cm³/mol. The van der Waals surface area contributed by atoms with Crippen LogP contribution in [0.25, 0.3) is 5.57 Å². The van der Waals surface area contributed by atoms with Gasteiger partial charge in [-0.25, -0.2) is 9.18 Å². The number of hydrogen-bond donors (Lipinski definition) is 2. The molecule has 1 aromatic rings. The minimum absolute atomic E-state index is 0.0158. The highest BCUT2D eigenvalue weighted by molar-refractivity contribution is 5.75. The number of alkyl carbamates (subject to hydrolysis) is 1. The maximum Gasteiger partial charge on any atom is 0.407 e. The lowest BCUT2D eigenvalue weighted by molar-refractivity contribution is -0.142. The van der Waals surface area contributed by atoms with Crippen LogP contribution in [-0.2, 0) is 14.3 Å². The molecular weight excluding hydrogens is 447 g/mol. The summed E-state index contributed by atoms with van der Waals surface area (Å²) >= 11 is 0. The first-order valence-corrected chi connectivity index (χ1v) is 12.8. The number of fused-ring (bicyclic) bond motifs is 2. The average molecular weight is 485 g/mol. The molecule has 1 aliphatic heterocycles. The summed E-state index contributed by atoms with van der Waals surface area (Å²) in [6, 6.07) is 6.45. The highest BCUT2D eigenvalue weighted by Crippen LogP contribution is 2.53. The number of allylic oxidation sites excluding steroid dienone is 3. The molecule has 35 heavy (non-hydrogen) atoms. The summed E-state index contributed by atoms with van der Waals surface area (Å²) in [6.07, 6.45) is 9.43. The molecule has 190 valence electrons. The summed E-state index contributed by atoms with van der Waals surface area (Å²) in [5.41, 5.74) is 8.32. The van der Waals surface area contributed by atoms with Gasteiger partial charge in [0.2, 0.25) is 0 Å². The minimum atomic E-state index is -0.390. The van der Waals surface area contributed by atoms with Crippen molar-refractivity contribution in [3.8, 4) is 0 Å². The first-order chi connectivity index (χ1) is 16.8. The van der Waals surface area contributed by atoms with Gasteiger partial charge in [-0.15, -0.1) is 0 Å². The molecular formula is C28H37FN2O4. The molecule has 7 heteroatoms. The van der Waals surface area contributed by atoms with Crippen molar-refractivity contribution in [3.05, 3.63) is 54.4 Å². The molecule has 2 saturated carbocycles. The third-order valence-electron chi connectivity index (χ3n) is 8.24. The summed E-state index contributed by atoms with van der Waals surface area (Å²) in [6.45, 7) is 6.62. The Bertz CT molecular complexity index is 979. The van der Waals surface area contributed by atoms with E-state index >= 15 is 0 Å². The van der Waals surface area contributed by atoms with Gasteiger partial charge >= 0.3 is 12.1 Å². The molecule has 3 fully saturated rings. The number of esters is 1. The van der Waals surface area contributed by atoms with Gasteiger partial charge in [0.15, 0.2) is 0 Å². The van der Waals surface area contributed by atoms with Gasteiger partial charge < -0.3 is 20.5 Å². The molecule has 1 heterocycles. The first-order valence-electron chi connectivity index (χ1n) is 12.8. The number of ether oxygens (including phenoxy) is 2. The van der Waals surface area contributed by atoms with Crippen molar-refractivity contribution in [3.63, 3.8) is 0 Å². The van der Waals surface area contributed by atoms with Crippen LogP contribution in [0.15, 0.2) is 43.0 Å². The van der Waals surface area contributed by atoms with Gasteiger partial charge in [-0.3, -0.25) is 4.79 Å². The number of nitrogens with two attached hydrogens (primary N) is 1. The summed E-state index contributed by atoms with van der Waals surface area (Å²) in [4.78, 5) is 24.4. The second-order valence-corrected chi connectivity index (χ2v) is 10.3. The van der Waals surface area contributed by atoms with Crippen molar-refractivity contribution < 1.29 is 23.5 Å². The molecule has 1 aromatic carbocycles. The van der Waals surface area contributed by atoms with E-state index in [1.807, 2.05) is 12.1 Å². The quantitative estimate of drug-likeness (QED) is 0.308. The van der Waals surface area contributed by atoms with Gasteiger partial charge in [0.1, 0.15) is 5.82 Å². The van der Waals surface area contributed by atoms with Gasteiger partial charge in [0.25, 0.3) is 0 Å². The molecule has 2 aliphatic carbocycles. The second kappa shape index (κ2) is 10.9. The Labute approximate surface area is 207 Å². The summed E-state index contributed by atoms with van der Waals surface area (Å²) in [7, 11) is 0. The Kier molecular flexibility index (Phi) is 7.95. The molecule has 3 aliphatic rings. The lowest BCUT2D eigenvalue weighted by atomic mass is 9.53. The van der Waals surface area contributed by atoms with Crippen molar-refractivity contribution in [2.24, 2.45) is 29.4 Å². The zero-order valence-corrected chi connectivity index (χ0v) is 20.5. The fourth-order valence-electron chi connectivity index (χ4n) is 6.48. The number of carbonyl (C=O) groups is 2. The number of hydrogen-bond acceptors (Lipinski definition) is 5. The molecule has 0 radical (unpaired) electrons. The SMILES string of the molecule is C=C(/C=C\CCCC1C2COC(=O)C2CC2CC(NC(=O)OCC)CCC21N)c1cccc(F)c1. The molecule has 0 aromatic heterocycles. The third kappa shape index (κ3) is 5.61. The summed E-state index contributed by atoms with van der Waals surface area (Å²) in [5.74, 6) is 0.0290. The Balaban J connectivity index is 1.38. The van der Waals surface area contributed by atoms with Crippen molar-refractivity contribution >= 4 is 17.6 Å². The largest absolute Gasteiger partial charge is 0.465 e. The van der Waals surface area contributed by atoms with Gasteiger partial charge in [-0.1, -0.05) is 30.9 Å². The van der Waals surface area contributed by atoms with Crippen LogP contribution >= 0.6 is 0 Å². The van der Waals surface area contributed by atoms with Crippen LogP contribution in [0.4, 0.5) is 9.18 Å². The van der Waals surface area contributed by atoms with Crippen LogP contribution in [-0.4, -0.2) is 36.9 Å². The molecule has 1 saturated heterocycles. The average Bonchev–Trinajstić information content (AvgIpc) is 3.18. The second-order valence-electron chi connectivity index (χ2n) is 10.3. The van der Waals surface area contributed by atoms with Crippen LogP contribution in [0.1, 0.15) is 57.4 Å². The Morgan fingerprint density at radius 1 is 1.40 bits per heavy atom. The van der Waals surface area contributed by atoms with E-state index in [-0.39, 0.29) is 53.1 Å². The number of halogens is 1. The number of rotatable bonds is 8. The molecule has 6 unspecified atom stereocenters. The van der Waals surface area contributed by atoms with E-state index in [4.69, 9.17) is 15.2 Å². The van der Waals surface area contributed by atoms with Crippen molar-refractivity contribution in [1.82, 2.24) is 5.32 Å². The van der Waals surface area contributed by atoms with Crippen LogP contribution < -0.4 is 11.1 Å². The highest BCUT2D eigenvalue weighted by Gasteiger charge is 2.58. The maximum absolute atomic E-state index is 13.5. The summed E-state index contributed by atoms with van der Waals surface area (Å²) in [5, 5.41) is 2.97. The van der Waals surface area contributed by atoms with Gasteiger partial charge in [-0.2, -0.15) is 0 Å². The first kappa shape index (κ1) is 25.4. The number of carbonyl (C=O) groups excluding carboxylic acids is 2. The molecule has 4 rings (SSSR count). The fraction of sp³-hybridized carbons (Fsp3) is 0.571. The minimum Gasteiger partial charge on any atom is -0.465 e. The third-order valence-corrected chi connectivity index (χ3v) is 8.24. The number of unbranched alkanes of at least 4 members (excludes halogenated alkanes) is 1. The molecule has 6 atom stereocenters. The predicted octanol–water partition coefficient (Wildman–Crippen LogP) is 4.99. The van der Waals surface area contributed by atoms with Crippen molar-refractivity contribution in [1.29, 1.82) is 0 Å². The van der Waals surface area contributed by atoms with Crippen LogP contribution in [0, 0.1) is 29.5 Å². The Morgan fingerprint density at radius 2 is 2.23 bits per heavy atom. The van der Waals surface area contributed by atoms with Crippen molar-refractivity contribution in [2.45, 2.75) is 63.5 Å². The Morgan fingerprint density at radius 3 is 3.00 bits per heavy atom. The van der Waals surface area contributed by atoms with E-state index < -0.39 is 0 Å². The van der Waals surface area contributed by atoms with E-state index in [0.29, 0.717) is 13.2 Å². The number of amides is 1. The standard InChI is InChI=1S/C28H37FN2O4/c1-3-34-27(33)31-22-12-13-28(30)20(15-22)16-23-24(17-35-26(23)32)25(28)11-6-4-5-8-18(2)19-9-7-10-21(29)14-19/h5,7-10,14,20,22-25H,2-4,6,11-13,15-17,30H2,1H3,(H,31,33)/b8-5-. The van der Waals surface area contributed by atoms with E-state index in [0.717, 1.165) is 56.1 Å². The van der Waals surface area contributed by atoms with Gasteiger partial charge in [0, 0.05) is 17.5 Å². The number of cyclic esters (lactones) is 1. The zero-order valence-electron chi connectivity index (χ0n) is 20.5. The van der Waals surface area contributed by atoms with Crippen molar-refractivity contribution in [2.75, 3.05) is 13.2 Å². The molecule has 3 N–H and O–H groups in total. The van der Waals surface area contributed by atoms with Crippen LogP contribution in [0.3, 0.4) is 0 Å². The highest BCUT2D eigenvalue weighted by atomic mass is 19.1. The van der Waals surface area contributed by atoms with E-state index in [1.165, 1.54) is 12.1 Å². The van der Waals surface area contributed by atoms with Crippen LogP contribution in [0.5, 0.6) is 0 Å². The number of benzene rings is 1. The van der Waals surface area contributed by atoms with Gasteiger partial charge in [-0.05, 0) is 87.0 Å². The molecule has 0 bridgehead atoms. The maximum atomic E-state index is 13.5. The molecule has 6 nitrogen and oxygen atoms in total. The smallest absolute Gasteiger partial charge is 0.407 e. The normalized spacial score (nSPS) is 32.0. The number of nitrogens with one attached hydrogen (secondary N) is 1. The monoisotopic (exact) mass is 484 g/mol. The molecule has 0 spiro atoms.